The Morgan fingerprint density at radius 3 is 2.46 bits per heavy atom. The van der Waals surface area contributed by atoms with E-state index in [0.29, 0.717) is 43.8 Å². The van der Waals surface area contributed by atoms with Crippen molar-refractivity contribution < 1.29 is 31.1 Å². The number of hydrogen-bond donors (Lipinski definition) is 1. The fraction of sp³-hybridized carbons (Fsp3) is 0.545. The highest BCUT2D eigenvalue weighted by Gasteiger charge is 2.32. The van der Waals surface area contributed by atoms with Crippen molar-refractivity contribution in [2.24, 2.45) is 0 Å². The van der Waals surface area contributed by atoms with Crippen LogP contribution in [0.15, 0.2) is 30.5 Å². The number of likely N-dealkylation sites (tertiary alicyclic amines) is 2. The summed E-state index contributed by atoms with van der Waals surface area (Å²) >= 11 is 0. The van der Waals surface area contributed by atoms with Crippen molar-refractivity contribution in [1.29, 1.82) is 0 Å². The van der Waals surface area contributed by atoms with E-state index < -0.39 is 27.8 Å². The maximum Gasteiger partial charge on any atom is 0.416 e. The number of piperidine rings is 1. The molecule has 2 aliphatic heterocycles. The molecule has 13 heteroatoms. The van der Waals surface area contributed by atoms with Crippen LogP contribution in [-0.2, 0) is 22.7 Å². The van der Waals surface area contributed by atoms with E-state index >= 15 is 0 Å². The molecule has 2 aromatic rings. The average Bonchev–Trinajstić information content (AvgIpc) is 3.45. The Morgan fingerprint density at radius 1 is 1.14 bits per heavy atom. The summed E-state index contributed by atoms with van der Waals surface area (Å²) < 4.78 is 71.9. The Morgan fingerprint density at radius 2 is 1.83 bits per heavy atom. The zero-order valence-corrected chi connectivity index (χ0v) is 20.1. The topological polar surface area (TPSA) is 96.8 Å². The Balaban J connectivity index is 1.38. The molecule has 0 atom stereocenters. The van der Waals surface area contributed by atoms with Gasteiger partial charge in [-0.3, -0.25) is 9.62 Å². The number of benzene rings is 1. The Bertz CT molecular complexity index is 1150. The first-order valence-corrected chi connectivity index (χ1v) is 13.3. The van der Waals surface area contributed by atoms with E-state index in [4.69, 9.17) is 4.74 Å². The van der Waals surface area contributed by atoms with Gasteiger partial charge in [-0.15, -0.1) is 5.10 Å². The number of hydrogen-bond acceptors (Lipinski definition) is 6. The Labute approximate surface area is 201 Å². The van der Waals surface area contributed by atoms with E-state index in [2.05, 4.69) is 14.7 Å². The van der Waals surface area contributed by atoms with E-state index in [0.717, 1.165) is 42.9 Å². The smallest absolute Gasteiger partial charge is 0.416 e. The van der Waals surface area contributed by atoms with Crippen molar-refractivity contribution >= 4 is 21.9 Å². The summed E-state index contributed by atoms with van der Waals surface area (Å²) in [4.78, 5) is 16.4. The van der Waals surface area contributed by atoms with E-state index in [-0.39, 0.29) is 11.9 Å². The van der Waals surface area contributed by atoms with Crippen LogP contribution in [0.25, 0.3) is 0 Å². The first kappa shape index (κ1) is 25.3. The largest absolute Gasteiger partial charge is 0.490 e. The lowest BCUT2D eigenvalue weighted by molar-refractivity contribution is -0.137. The molecule has 0 radical (unpaired) electrons. The van der Waals surface area contributed by atoms with Crippen LogP contribution < -0.4 is 9.46 Å². The van der Waals surface area contributed by atoms with Crippen molar-refractivity contribution in [2.45, 2.75) is 44.5 Å². The van der Waals surface area contributed by atoms with Gasteiger partial charge in [-0.1, -0.05) is 0 Å². The number of nitrogens with one attached hydrogen (secondary N) is 1. The summed E-state index contributed by atoms with van der Waals surface area (Å²) in [6, 6.07) is 4.61. The summed E-state index contributed by atoms with van der Waals surface area (Å²) in [7, 11) is -3.51. The molecule has 0 bridgehead atoms. The normalized spacial score (nSPS) is 18.1. The van der Waals surface area contributed by atoms with Crippen molar-refractivity contribution in [3.8, 4) is 5.75 Å². The third-order valence-corrected chi connectivity index (χ3v) is 6.64. The maximum absolute atomic E-state index is 13.3. The average molecular weight is 516 g/mol. The predicted molar refractivity (Wildman–Crippen MR) is 123 cm³/mol. The molecule has 1 amide bonds. The molecule has 1 N–H and O–H groups in total. The third kappa shape index (κ3) is 6.66. The minimum Gasteiger partial charge on any atom is -0.490 e. The molecule has 2 aliphatic rings. The van der Waals surface area contributed by atoms with Gasteiger partial charge in [-0.2, -0.15) is 17.9 Å². The molecule has 0 unspecified atom stereocenters. The fourth-order valence-electron chi connectivity index (χ4n) is 4.34. The summed E-state index contributed by atoms with van der Waals surface area (Å²) in [5, 5.41) is 3.95. The van der Waals surface area contributed by atoms with Crippen LogP contribution in [0.5, 0.6) is 5.75 Å². The lowest BCUT2D eigenvalue weighted by Crippen LogP contribution is -2.43. The lowest BCUT2D eigenvalue weighted by atomic mass is 10.1. The molecule has 2 fully saturated rings. The number of sulfonamides is 1. The van der Waals surface area contributed by atoms with Gasteiger partial charge in [0.1, 0.15) is 11.9 Å². The van der Waals surface area contributed by atoms with Gasteiger partial charge in [0.25, 0.3) is 0 Å². The van der Waals surface area contributed by atoms with Gasteiger partial charge in [-0.05, 0) is 44.1 Å². The monoisotopic (exact) mass is 515 g/mol. The number of carbonyl (C=O) groups excluding carboxylic acids is 1. The molecule has 2 saturated heterocycles. The molecular weight excluding hydrogens is 487 g/mol. The molecule has 1 aromatic carbocycles. The molecule has 4 rings (SSSR count). The summed E-state index contributed by atoms with van der Waals surface area (Å²) in [5.41, 5.74) is -0.175. The van der Waals surface area contributed by atoms with Crippen molar-refractivity contribution in [3.05, 3.63) is 41.6 Å². The molecule has 0 spiro atoms. The molecule has 35 heavy (non-hydrogen) atoms. The number of rotatable bonds is 6. The van der Waals surface area contributed by atoms with E-state index in [1.54, 1.807) is 4.90 Å². The SMILES string of the molecule is CS(=O)(=O)Nc1ccn(C(=O)N2CCC(Oc3ccc(C(F)(F)F)cc3CN3CCCC3)CC2)n1. The van der Waals surface area contributed by atoms with Gasteiger partial charge < -0.3 is 9.64 Å². The van der Waals surface area contributed by atoms with Crippen molar-refractivity contribution in [2.75, 3.05) is 37.2 Å². The van der Waals surface area contributed by atoms with E-state index in [9.17, 15) is 26.4 Å². The predicted octanol–water partition coefficient (Wildman–Crippen LogP) is 3.38. The second-order valence-electron chi connectivity index (χ2n) is 8.91. The number of alkyl halides is 3. The van der Waals surface area contributed by atoms with Gasteiger partial charge >= 0.3 is 12.2 Å². The molecule has 192 valence electrons. The quantitative estimate of drug-likeness (QED) is 0.634. The highest BCUT2D eigenvalue weighted by molar-refractivity contribution is 7.92. The summed E-state index contributed by atoms with van der Waals surface area (Å²) in [6.45, 7) is 2.86. The first-order chi connectivity index (χ1) is 16.5. The van der Waals surface area contributed by atoms with Gasteiger partial charge in [-0.25, -0.2) is 13.2 Å². The third-order valence-electron chi connectivity index (χ3n) is 6.06. The second kappa shape index (κ2) is 10.1. The van der Waals surface area contributed by atoms with Crippen LogP contribution in [0.2, 0.25) is 0 Å². The molecule has 9 nitrogen and oxygen atoms in total. The van der Waals surface area contributed by atoms with Crippen LogP contribution >= 0.6 is 0 Å². The standard InChI is InChI=1S/C22H28F3N5O4S/c1-35(32,33)27-20-8-13-30(26-20)21(31)29-11-6-18(7-12-29)34-19-5-4-17(22(23,24)25)14-16(19)15-28-9-2-3-10-28/h4-5,8,13-14,18H,2-3,6-7,9-12,15H2,1H3,(H,26,27). The van der Waals surface area contributed by atoms with Crippen LogP contribution in [0.3, 0.4) is 0 Å². The number of halogens is 3. The fourth-order valence-corrected chi connectivity index (χ4v) is 4.83. The van der Waals surface area contributed by atoms with Crippen molar-refractivity contribution in [3.63, 3.8) is 0 Å². The van der Waals surface area contributed by atoms with Crippen LogP contribution in [0.4, 0.5) is 23.8 Å². The van der Waals surface area contributed by atoms with Gasteiger partial charge in [0.2, 0.25) is 10.0 Å². The molecule has 1 aromatic heterocycles. The molecular formula is C22H28F3N5O4S. The number of nitrogens with zero attached hydrogens (tertiary/aromatic N) is 4. The van der Waals surface area contributed by atoms with E-state index in [1.165, 1.54) is 24.4 Å². The van der Waals surface area contributed by atoms with E-state index in [1.807, 2.05) is 0 Å². The zero-order chi connectivity index (χ0) is 25.2. The minimum atomic E-state index is -4.42. The van der Waals surface area contributed by atoms with Gasteiger partial charge in [0.05, 0.1) is 11.8 Å². The number of amides is 1. The highest BCUT2D eigenvalue weighted by atomic mass is 32.2. The lowest BCUT2D eigenvalue weighted by Gasteiger charge is -2.32. The molecule has 3 heterocycles. The van der Waals surface area contributed by atoms with Crippen LogP contribution in [0, 0.1) is 0 Å². The number of ether oxygens (including phenoxy) is 1. The summed E-state index contributed by atoms with van der Waals surface area (Å²) in [6.07, 6.45) is 0.780. The number of aromatic nitrogens is 2. The Kier molecular flexibility index (Phi) is 7.27. The second-order valence-corrected chi connectivity index (χ2v) is 10.7. The maximum atomic E-state index is 13.3. The first-order valence-electron chi connectivity index (χ1n) is 11.4. The molecule has 0 aliphatic carbocycles. The highest BCUT2D eigenvalue weighted by Crippen LogP contribution is 2.34. The number of anilines is 1. The summed E-state index contributed by atoms with van der Waals surface area (Å²) in [5.74, 6) is 0.491. The van der Waals surface area contributed by atoms with Gasteiger partial charge in [0, 0.05) is 50.3 Å². The van der Waals surface area contributed by atoms with Crippen LogP contribution in [0.1, 0.15) is 36.8 Å². The van der Waals surface area contributed by atoms with Crippen molar-refractivity contribution in [1.82, 2.24) is 19.6 Å². The number of carbonyl (C=O) groups is 1. The zero-order valence-electron chi connectivity index (χ0n) is 19.3. The molecule has 0 saturated carbocycles. The Hall–Kier alpha value is -2.80. The van der Waals surface area contributed by atoms with Gasteiger partial charge in [0.15, 0.2) is 5.82 Å². The van der Waals surface area contributed by atoms with Crippen LogP contribution in [-0.4, -0.2) is 72.6 Å². The minimum absolute atomic E-state index is 0.0481.